The molecule has 88 valence electrons. The molecule has 1 aromatic carbocycles. The Hall–Kier alpha value is -1.25. The van der Waals surface area contributed by atoms with Crippen molar-refractivity contribution in [2.24, 2.45) is 0 Å². The Morgan fingerprint density at radius 2 is 1.81 bits per heavy atom. The van der Waals surface area contributed by atoms with Gasteiger partial charge in [0.05, 0.1) is 4.90 Å². The molecular formula is C8H11N3O3S2. The van der Waals surface area contributed by atoms with E-state index >= 15 is 0 Å². The summed E-state index contributed by atoms with van der Waals surface area (Å²) in [4.78, 5) is 11.0. The Morgan fingerprint density at radius 1 is 1.25 bits per heavy atom. The van der Waals surface area contributed by atoms with E-state index in [2.05, 4.69) is 27.6 Å². The largest absolute Gasteiger partial charge is 0.329 e. The maximum Gasteiger partial charge on any atom is 0.329 e. The fraction of sp³-hybridized carbons (Fsp3) is 0.125. The summed E-state index contributed by atoms with van der Waals surface area (Å²) >= 11 is 3.56. The molecule has 8 heteroatoms. The maximum absolute atomic E-state index is 11.4. The van der Waals surface area contributed by atoms with Crippen LogP contribution in [0.4, 0.5) is 10.5 Å². The first-order valence-corrected chi connectivity index (χ1v) is 6.17. The van der Waals surface area contributed by atoms with Gasteiger partial charge in [-0.3, -0.25) is 4.72 Å². The van der Waals surface area contributed by atoms with Gasteiger partial charge in [-0.15, -0.1) is 0 Å². The van der Waals surface area contributed by atoms with Crippen LogP contribution in [-0.4, -0.2) is 21.5 Å². The Morgan fingerprint density at radius 3 is 2.25 bits per heavy atom. The van der Waals surface area contributed by atoms with Crippen molar-refractivity contribution in [3.63, 3.8) is 0 Å². The van der Waals surface area contributed by atoms with Gasteiger partial charge in [0, 0.05) is 5.69 Å². The molecule has 0 aliphatic heterocycles. The highest BCUT2D eigenvalue weighted by Crippen LogP contribution is 2.13. The van der Waals surface area contributed by atoms with E-state index in [4.69, 9.17) is 0 Å². The van der Waals surface area contributed by atoms with Gasteiger partial charge in [0.1, 0.15) is 0 Å². The molecule has 0 heterocycles. The average molecular weight is 261 g/mol. The molecule has 0 unspecified atom stereocenters. The van der Waals surface area contributed by atoms with E-state index in [0.29, 0.717) is 5.69 Å². The van der Waals surface area contributed by atoms with E-state index in [1.54, 1.807) is 0 Å². The fourth-order valence-electron chi connectivity index (χ4n) is 0.994. The van der Waals surface area contributed by atoms with Crippen molar-refractivity contribution in [2.45, 2.75) is 4.90 Å². The van der Waals surface area contributed by atoms with E-state index in [-0.39, 0.29) is 4.90 Å². The van der Waals surface area contributed by atoms with Gasteiger partial charge in [-0.25, -0.2) is 17.9 Å². The quantitative estimate of drug-likeness (QED) is 0.600. The van der Waals surface area contributed by atoms with Crippen LogP contribution in [0.15, 0.2) is 29.2 Å². The smallest absolute Gasteiger partial charge is 0.307 e. The van der Waals surface area contributed by atoms with Crippen LogP contribution < -0.4 is 14.8 Å². The van der Waals surface area contributed by atoms with E-state index in [9.17, 15) is 13.2 Å². The van der Waals surface area contributed by atoms with Crippen LogP contribution >= 0.6 is 12.8 Å². The molecule has 1 aromatic rings. The first kappa shape index (κ1) is 12.8. The summed E-state index contributed by atoms with van der Waals surface area (Å²) in [5.74, 6) is 0. The van der Waals surface area contributed by atoms with Gasteiger partial charge in [-0.2, -0.15) is 0 Å². The molecule has 0 aliphatic rings. The number of nitrogens with one attached hydrogen (secondary N) is 3. The Bertz CT molecular complexity index is 470. The number of sulfonamides is 1. The number of thiol groups is 1. The maximum atomic E-state index is 11.4. The fourth-order valence-corrected chi connectivity index (χ4v) is 1.78. The van der Waals surface area contributed by atoms with E-state index in [0.717, 1.165) is 0 Å². The molecule has 3 N–H and O–H groups in total. The number of hydrogen-bond donors (Lipinski definition) is 4. The first-order valence-electron chi connectivity index (χ1n) is 4.24. The average Bonchev–Trinajstić information content (AvgIpc) is 2.29. The van der Waals surface area contributed by atoms with Crippen molar-refractivity contribution in [3.8, 4) is 0 Å². The molecule has 0 saturated heterocycles. The summed E-state index contributed by atoms with van der Waals surface area (Å²) in [6.45, 7) is 0. The van der Waals surface area contributed by atoms with Crippen LogP contribution in [-0.2, 0) is 10.0 Å². The highest BCUT2D eigenvalue weighted by Gasteiger charge is 2.10. The monoisotopic (exact) mass is 261 g/mol. The number of rotatable bonds is 3. The Balaban J connectivity index is 2.88. The summed E-state index contributed by atoms with van der Waals surface area (Å²) in [6.07, 6.45) is 0. The zero-order valence-electron chi connectivity index (χ0n) is 8.39. The zero-order chi connectivity index (χ0) is 12.2. The highest BCUT2D eigenvalue weighted by molar-refractivity contribution is 7.89. The highest BCUT2D eigenvalue weighted by atomic mass is 32.2. The summed E-state index contributed by atoms with van der Waals surface area (Å²) in [7, 11) is -2.11. The lowest BCUT2D eigenvalue weighted by Crippen LogP contribution is -2.21. The molecule has 0 radical (unpaired) electrons. The summed E-state index contributed by atoms with van der Waals surface area (Å²) in [6, 6.07) is 5.24. The third-order valence-electron chi connectivity index (χ3n) is 1.79. The van der Waals surface area contributed by atoms with Crippen LogP contribution in [0.2, 0.25) is 0 Å². The van der Waals surface area contributed by atoms with Gasteiger partial charge >= 0.3 is 6.03 Å². The number of urea groups is 1. The minimum absolute atomic E-state index is 0.131. The standard InChI is InChI=1S/C8H11N3O3S2/c1-9-16(13,14)7-4-2-6(3-5-7)10-8(12)11-15/h2-5,9,15H,1H3,(H2,10,11,12). The second kappa shape index (κ2) is 5.19. The van der Waals surface area contributed by atoms with Crippen molar-refractivity contribution in [1.82, 2.24) is 9.44 Å². The molecule has 0 atom stereocenters. The summed E-state index contributed by atoms with van der Waals surface area (Å²) in [5, 5.41) is 2.45. The van der Waals surface area contributed by atoms with Crippen molar-refractivity contribution < 1.29 is 13.2 Å². The van der Waals surface area contributed by atoms with E-state index in [1.807, 2.05) is 0 Å². The normalized spacial score (nSPS) is 10.9. The van der Waals surface area contributed by atoms with Crippen molar-refractivity contribution in [2.75, 3.05) is 12.4 Å². The van der Waals surface area contributed by atoms with Crippen molar-refractivity contribution in [3.05, 3.63) is 24.3 Å². The van der Waals surface area contributed by atoms with Crippen molar-refractivity contribution >= 4 is 34.6 Å². The molecule has 0 spiro atoms. The molecule has 0 bridgehead atoms. The van der Waals surface area contributed by atoms with E-state index in [1.165, 1.54) is 31.3 Å². The third kappa shape index (κ3) is 3.12. The lowest BCUT2D eigenvalue weighted by Gasteiger charge is -2.05. The minimum Gasteiger partial charge on any atom is -0.307 e. The van der Waals surface area contributed by atoms with Gasteiger partial charge < -0.3 is 5.32 Å². The number of carbonyl (C=O) groups is 1. The SMILES string of the molecule is CNS(=O)(=O)c1ccc(NC(=O)NS)cc1. The van der Waals surface area contributed by atoms with Gasteiger partial charge in [0.2, 0.25) is 10.0 Å². The lowest BCUT2D eigenvalue weighted by atomic mass is 10.3. The zero-order valence-corrected chi connectivity index (χ0v) is 10.1. The van der Waals surface area contributed by atoms with Gasteiger partial charge in [-0.1, -0.05) is 12.8 Å². The lowest BCUT2D eigenvalue weighted by molar-refractivity contribution is 0.257. The van der Waals surface area contributed by atoms with Crippen LogP contribution in [0.3, 0.4) is 0 Å². The van der Waals surface area contributed by atoms with Crippen LogP contribution in [0.1, 0.15) is 0 Å². The molecule has 0 saturated carbocycles. The summed E-state index contributed by atoms with van der Waals surface area (Å²) < 4.78 is 27.0. The molecule has 16 heavy (non-hydrogen) atoms. The molecule has 0 aromatic heterocycles. The molecule has 1 rings (SSSR count). The van der Waals surface area contributed by atoms with Gasteiger partial charge in [0.15, 0.2) is 0 Å². The first-order chi connectivity index (χ1) is 7.49. The molecular weight excluding hydrogens is 250 g/mol. The molecule has 0 fully saturated rings. The molecule has 6 nitrogen and oxygen atoms in total. The van der Waals surface area contributed by atoms with E-state index < -0.39 is 16.1 Å². The Labute approximate surface area is 99.0 Å². The third-order valence-corrected chi connectivity index (χ3v) is 3.43. The molecule has 0 aliphatic carbocycles. The predicted octanol–water partition coefficient (Wildman–Crippen LogP) is 0.561. The van der Waals surface area contributed by atoms with Crippen LogP contribution in [0.5, 0.6) is 0 Å². The van der Waals surface area contributed by atoms with Gasteiger partial charge in [-0.05, 0) is 31.3 Å². The second-order valence-electron chi connectivity index (χ2n) is 2.80. The van der Waals surface area contributed by atoms with Crippen LogP contribution in [0, 0.1) is 0 Å². The minimum atomic E-state index is -3.44. The Kier molecular flexibility index (Phi) is 4.16. The predicted molar refractivity (Wildman–Crippen MR) is 63.8 cm³/mol. The molecule has 2 amide bonds. The topological polar surface area (TPSA) is 87.3 Å². The number of hydrogen-bond acceptors (Lipinski definition) is 4. The van der Waals surface area contributed by atoms with Crippen molar-refractivity contribution in [1.29, 1.82) is 0 Å². The number of anilines is 1. The second-order valence-corrected chi connectivity index (χ2v) is 4.91. The number of amides is 2. The van der Waals surface area contributed by atoms with Crippen LogP contribution in [0.25, 0.3) is 0 Å². The summed E-state index contributed by atoms with van der Waals surface area (Å²) in [5.41, 5.74) is 0.474. The number of benzene rings is 1. The number of carbonyl (C=O) groups excluding carboxylic acids is 1. The van der Waals surface area contributed by atoms with Gasteiger partial charge in [0.25, 0.3) is 0 Å².